The summed E-state index contributed by atoms with van der Waals surface area (Å²) in [5.74, 6) is -0.616. The number of hydrogen-bond acceptors (Lipinski definition) is 5. The number of carbonyl (C=O) groups excluding carboxylic acids is 1. The maximum atomic E-state index is 13.4. The molecule has 180 valence electrons. The minimum absolute atomic E-state index is 0.00485. The number of halogens is 2. The Labute approximate surface area is 201 Å². The number of carbonyl (C=O) groups is 1. The van der Waals surface area contributed by atoms with E-state index >= 15 is 0 Å². The fourth-order valence-electron chi connectivity index (χ4n) is 3.56. The Kier molecular flexibility index (Phi) is 7.99. The Bertz CT molecular complexity index is 1120. The van der Waals surface area contributed by atoms with Crippen molar-refractivity contribution < 1.29 is 27.4 Å². The number of fused-ring (bicyclic) bond motifs is 1. The number of nitrogens with zero attached hydrogens (tertiary/aromatic N) is 2. The molecule has 3 atom stereocenters. The topological polar surface area (TPSA) is 99.2 Å². The molecule has 0 aliphatic carbocycles. The zero-order chi connectivity index (χ0) is 24.3. The van der Waals surface area contributed by atoms with Crippen molar-refractivity contribution in [2.75, 3.05) is 32.1 Å². The Morgan fingerprint density at radius 2 is 2.09 bits per heavy atom. The van der Waals surface area contributed by atoms with Crippen LogP contribution >= 0.6 is 15.9 Å². The summed E-state index contributed by atoms with van der Waals surface area (Å²) in [7, 11) is -2.34. The van der Waals surface area contributed by atoms with Crippen LogP contribution in [0.25, 0.3) is 0 Å². The van der Waals surface area contributed by atoms with Gasteiger partial charge < -0.3 is 20.1 Å². The third-order valence-corrected chi connectivity index (χ3v) is 8.02. The van der Waals surface area contributed by atoms with Crippen molar-refractivity contribution >= 4 is 37.7 Å². The van der Waals surface area contributed by atoms with Gasteiger partial charge in [0, 0.05) is 35.7 Å². The van der Waals surface area contributed by atoms with E-state index in [1.807, 2.05) is 6.92 Å². The number of aliphatic hydroxyl groups is 1. The van der Waals surface area contributed by atoms with E-state index < -0.39 is 34.0 Å². The van der Waals surface area contributed by atoms with Gasteiger partial charge in [-0.1, -0.05) is 28.9 Å². The molecule has 8 nitrogen and oxygen atoms in total. The van der Waals surface area contributed by atoms with Crippen molar-refractivity contribution in [1.82, 2.24) is 9.21 Å². The average molecular weight is 544 g/mol. The standard InChI is InChI=1S/C22H27BrFN3O5S/c1-14-11-27(15(2)13-28)33(30,31)21-8-7-16(23)9-19(21)32-20(14)12-26(3)22(29)25-18-6-4-5-17(24)10-18/h4-10,14-15,20,28H,11-13H2,1-3H3,(H,25,29)/t14-,15-,20+/m1/s1. The van der Waals surface area contributed by atoms with Gasteiger partial charge in [0.1, 0.15) is 22.6 Å². The average Bonchev–Trinajstić information content (AvgIpc) is 2.75. The Balaban J connectivity index is 1.88. The zero-order valence-electron chi connectivity index (χ0n) is 18.5. The quantitative estimate of drug-likeness (QED) is 0.601. The number of urea groups is 1. The first-order valence-corrected chi connectivity index (χ1v) is 12.6. The summed E-state index contributed by atoms with van der Waals surface area (Å²) < 4.78 is 48.1. The predicted octanol–water partition coefficient (Wildman–Crippen LogP) is 3.52. The van der Waals surface area contributed by atoms with E-state index in [0.29, 0.717) is 10.2 Å². The summed E-state index contributed by atoms with van der Waals surface area (Å²) in [4.78, 5) is 14.1. The lowest BCUT2D eigenvalue weighted by Gasteiger charge is -2.37. The predicted molar refractivity (Wildman–Crippen MR) is 126 cm³/mol. The molecule has 11 heteroatoms. The summed E-state index contributed by atoms with van der Waals surface area (Å²) >= 11 is 3.35. The lowest BCUT2D eigenvalue weighted by Crippen LogP contribution is -2.50. The van der Waals surface area contributed by atoms with Crippen LogP contribution in [0.15, 0.2) is 51.8 Å². The number of likely N-dealkylation sites (N-methyl/N-ethyl adjacent to an activating group) is 1. The fraction of sp³-hybridized carbons (Fsp3) is 0.409. The van der Waals surface area contributed by atoms with Crippen LogP contribution in [0.4, 0.5) is 14.9 Å². The minimum Gasteiger partial charge on any atom is -0.487 e. The SMILES string of the molecule is C[C@@H]1CN([C@H](C)CO)S(=O)(=O)c2ccc(Br)cc2O[C@H]1CN(C)C(=O)Nc1cccc(F)c1. The van der Waals surface area contributed by atoms with Crippen LogP contribution in [0.5, 0.6) is 5.75 Å². The van der Waals surface area contributed by atoms with Crippen molar-refractivity contribution in [1.29, 1.82) is 0 Å². The number of aliphatic hydroxyl groups excluding tert-OH is 1. The molecule has 1 aliphatic rings. The molecule has 1 aliphatic heterocycles. The maximum Gasteiger partial charge on any atom is 0.321 e. The summed E-state index contributed by atoms with van der Waals surface area (Å²) in [6.07, 6.45) is -0.551. The molecule has 2 aromatic carbocycles. The van der Waals surface area contributed by atoms with Gasteiger partial charge in [0.05, 0.1) is 13.2 Å². The molecular weight excluding hydrogens is 517 g/mol. The van der Waals surface area contributed by atoms with E-state index in [0.717, 1.165) is 0 Å². The van der Waals surface area contributed by atoms with Crippen molar-refractivity contribution in [3.63, 3.8) is 0 Å². The Morgan fingerprint density at radius 1 is 1.36 bits per heavy atom. The van der Waals surface area contributed by atoms with Gasteiger partial charge >= 0.3 is 6.03 Å². The lowest BCUT2D eigenvalue weighted by molar-refractivity contribution is 0.0829. The highest BCUT2D eigenvalue weighted by Crippen LogP contribution is 2.35. The maximum absolute atomic E-state index is 13.4. The molecule has 0 bridgehead atoms. The van der Waals surface area contributed by atoms with Crippen molar-refractivity contribution in [2.24, 2.45) is 5.92 Å². The van der Waals surface area contributed by atoms with Crippen LogP contribution in [0.3, 0.4) is 0 Å². The monoisotopic (exact) mass is 543 g/mol. The first-order chi connectivity index (χ1) is 15.5. The van der Waals surface area contributed by atoms with E-state index in [1.165, 1.54) is 33.5 Å². The van der Waals surface area contributed by atoms with Gasteiger partial charge in [0.25, 0.3) is 0 Å². The highest BCUT2D eigenvalue weighted by Gasteiger charge is 2.38. The number of nitrogens with one attached hydrogen (secondary N) is 1. The van der Waals surface area contributed by atoms with Crippen molar-refractivity contribution in [2.45, 2.75) is 30.9 Å². The number of sulfonamides is 1. The molecule has 1 heterocycles. The van der Waals surface area contributed by atoms with Gasteiger partial charge in [-0.05, 0) is 43.3 Å². The summed E-state index contributed by atoms with van der Waals surface area (Å²) in [6, 6.07) is 9.13. The number of hydrogen-bond donors (Lipinski definition) is 2. The number of amides is 2. The van der Waals surface area contributed by atoms with E-state index in [4.69, 9.17) is 4.74 Å². The summed E-state index contributed by atoms with van der Waals surface area (Å²) in [5.41, 5.74) is 0.321. The summed E-state index contributed by atoms with van der Waals surface area (Å²) in [6.45, 7) is 3.38. The van der Waals surface area contributed by atoms with E-state index in [9.17, 15) is 22.7 Å². The first-order valence-electron chi connectivity index (χ1n) is 10.4. The molecule has 0 saturated heterocycles. The molecule has 2 N–H and O–H groups in total. The van der Waals surface area contributed by atoms with Crippen molar-refractivity contribution in [3.8, 4) is 5.75 Å². The van der Waals surface area contributed by atoms with E-state index in [1.54, 1.807) is 32.2 Å². The second kappa shape index (κ2) is 10.4. The Hall–Kier alpha value is -2.21. The molecule has 3 rings (SSSR count). The molecule has 33 heavy (non-hydrogen) atoms. The second-order valence-electron chi connectivity index (χ2n) is 8.15. The largest absolute Gasteiger partial charge is 0.487 e. The van der Waals surface area contributed by atoms with Crippen LogP contribution < -0.4 is 10.1 Å². The number of ether oxygens (including phenoxy) is 1. The second-order valence-corrected chi connectivity index (χ2v) is 10.9. The Morgan fingerprint density at radius 3 is 2.76 bits per heavy atom. The van der Waals surface area contributed by atoms with Gasteiger partial charge in [-0.3, -0.25) is 0 Å². The minimum atomic E-state index is -3.92. The van der Waals surface area contributed by atoms with Gasteiger partial charge in [0.15, 0.2) is 0 Å². The van der Waals surface area contributed by atoms with E-state index in [-0.39, 0.29) is 36.3 Å². The van der Waals surface area contributed by atoms with E-state index in [2.05, 4.69) is 21.2 Å². The van der Waals surface area contributed by atoms with Crippen LogP contribution in [0.2, 0.25) is 0 Å². The van der Waals surface area contributed by atoms with Crippen LogP contribution in [-0.4, -0.2) is 67.7 Å². The van der Waals surface area contributed by atoms with Crippen LogP contribution in [-0.2, 0) is 10.0 Å². The molecular formula is C22H27BrFN3O5S. The normalized spacial score (nSPS) is 21.2. The van der Waals surface area contributed by atoms with Crippen LogP contribution in [0.1, 0.15) is 13.8 Å². The molecule has 2 amide bonds. The molecule has 0 aromatic heterocycles. The summed E-state index contributed by atoms with van der Waals surface area (Å²) in [5, 5.41) is 12.3. The molecule has 0 fully saturated rings. The molecule has 2 aromatic rings. The zero-order valence-corrected chi connectivity index (χ0v) is 20.9. The number of anilines is 1. The van der Waals surface area contributed by atoms with Gasteiger partial charge in [-0.15, -0.1) is 0 Å². The molecule has 0 unspecified atom stereocenters. The third-order valence-electron chi connectivity index (χ3n) is 5.51. The van der Waals surface area contributed by atoms with Gasteiger partial charge in [0.2, 0.25) is 10.0 Å². The first kappa shape index (κ1) is 25.4. The van der Waals surface area contributed by atoms with Gasteiger partial charge in [-0.2, -0.15) is 4.31 Å². The molecule has 0 spiro atoms. The fourth-order valence-corrected chi connectivity index (χ4v) is 5.72. The third kappa shape index (κ3) is 5.84. The molecule has 0 saturated carbocycles. The number of rotatable bonds is 5. The smallest absolute Gasteiger partial charge is 0.321 e. The van der Waals surface area contributed by atoms with Crippen LogP contribution in [0, 0.1) is 11.7 Å². The lowest BCUT2D eigenvalue weighted by atomic mass is 10.0. The highest BCUT2D eigenvalue weighted by molar-refractivity contribution is 9.10. The highest BCUT2D eigenvalue weighted by atomic mass is 79.9. The van der Waals surface area contributed by atoms with Gasteiger partial charge in [-0.25, -0.2) is 17.6 Å². The number of benzene rings is 2. The van der Waals surface area contributed by atoms with Crippen molar-refractivity contribution in [3.05, 3.63) is 52.8 Å². The molecule has 0 radical (unpaired) electrons.